The lowest BCUT2D eigenvalue weighted by Gasteiger charge is -2.08. The molecule has 0 bridgehead atoms. The van der Waals surface area contributed by atoms with E-state index in [0.717, 1.165) is 23.5 Å². The number of hydrogen-bond acceptors (Lipinski definition) is 6. The van der Waals surface area contributed by atoms with Crippen molar-refractivity contribution < 1.29 is 9.53 Å². The number of nitrogens with one attached hydrogen (secondary N) is 2. The number of carbonyl (C=O) groups is 1. The number of aryl methyl sites for hydroxylation is 1. The van der Waals surface area contributed by atoms with Gasteiger partial charge in [0.15, 0.2) is 0 Å². The second-order valence-electron chi connectivity index (χ2n) is 4.08. The van der Waals surface area contributed by atoms with Crippen LogP contribution in [0.15, 0.2) is 18.2 Å². The average Bonchev–Trinajstić information content (AvgIpc) is 2.90. The summed E-state index contributed by atoms with van der Waals surface area (Å²) in [7, 11) is 1.61. The molecule has 6 nitrogen and oxygen atoms in total. The van der Waals surface area contributed by atoms with Crippen LogP contribution in [0, 0.1) is 6.92 Å². The quantitative estimate of drug-likeness (QED) is 0.885. The maximum Gasteiger partial charge on any atom is 0.286 e. The molecule has 1 aromatic heterocycles. The van der Waals surface area contributed by atoms with Crippen LogP contribution in [-0.2, 0) is 0 Å². The van der Waals surface area contributed by atoms with Crippen LogP contribution in [-0.4, -0.2) is 29.8 Å². The zero-order valence-electron chi connectivity index (χ0n) is 11.6. The maximum absolute atomic E-state index is 12.1. The maximum atomic E-state index is 12.1. The third kappa shape index (κ3) is 3.24. The molecule has 0 fully saturated rings. The summed E-state index contributed by atoms with van der Waals surface area (Å²) in [5.41, 5.74) is 1.66. The molecule has 1 aromatic carbocycles. The molecule has 7 heteroatoms. The number of ether oxygens (including phenoxy) is 1. The van der Waals surface area contributed by atoms with Gasteiger partial charge in [0.25, 0.3) is 5.91 Å². The molecule has 2 aromatic rings. The highest BCUT2D eigenvalue weighted by Gasteiger charge is 2.13. The molecule has 0 aliphatic heterocycles. The molecule has 1 heterocycles. The number of benzene rings is 1. The minimum absolute atomic E-state index is 0.264. The number of aromatic nitrogens is 2. The third-order valence-corrected chi connectivity index (χ3v) is 3.51. The molecule has 0 aliphatic rings. The molecular formula is C13H16N4O2S. The van der Waals surface area contributed by atoms with Crippen molar-refractivity contribution >= 4 is 28.1 Å². The van der Waals surface area contributed by atoms with Gasteiger partial charge in [0.1, 0.15) is 5.75 Å². The largest absolute Gasteiger partial charge is 0.497 e. The first-order chi connectivity index (χ1) is 9.63. The fraction of sp³-hybridized carbons (Fsp3) is 0.308. The Morgan fingerprint density at radius 1 is 1.40 bits per heavy atom. The van der Waals surface area contributed by atoms with Crippen molar-refractivity contribution in [3.05, 3.63) is 28.8 Å². The smallest absolute Gasteiger partial charge is 0.286 e. The van der Waals surface area contributed by atoms with E-state index >= 15 is 0 Å². The molecule has 106 valence electrons. The Morgan fingerprint density at radius 2 is 2.20 bits per heavy atom. The SMILES string of the molecule is CCNc1nnc(C(=O)Nc2ccc(OC)cc2C)s1. The number of rotatable bonds is 5. The van der Waals surface area contributed by atoms with Gasteiger partial charge in [0.2, 0.25) is 10.1 Å². The van der Waals surface area contributed by atoms with Crippen molar-refractivity contribution in [3.63, 3.8) is 0 Å². The third-order valence-electron chi connectivity index (χ3n) is 2.63. The van der Waals surface area contributed by atoms with Crippen LogP contribution in [0.25, 0.3) is 0 Å². The summed E-state index contributed by atoms with van der Waals surface area (Å²) in [5, 5.41) is 14.6. The van der Waals surface area contributed by atoms with E-state index in [1.54, 1.807) is 19.2 Å². The van der Waals surface area contributed by atoms with Gasteiger partial charge in [-0.25, -0.2) is 0 Å². The van der Waals surface area contributed by atoms with Crippen LogP contribution in [0.1, 0.15) is 22.3 Å². The van der Waals surface area contributed by atoms with Gasteiger partial charge < -0.3 is 15.4 Å². The standard InChI is InChI=1S/C13H16N4O2S/c1-4-14-13-17-16-12(20-13)11(18)15-10-6-5-9(19-3)7-8(10)2/h5-7H,4H2,1-3H3,(H,14,17)(H,15,18). The van der Waals surface area contributed by atoms with Gasteiger partial charge in [-0.2, -0.15) is 0 Å². The summed E-state index contributed by atoms with van der Waals surface area (Å²) in [6, 6.07) is 5.46. The van der Waals surface area contributed by atoms with Gasteiger partial charge >= 0.3 is 0 Å². The molecule has 0 saturated carbocycles. The van der Waals surface area contributed by atoms with Crippen molar-refractivity contribution in [2.75, 3.05) is 24.3 Å². The number of amides is 1. The summed E-state index contributed by atoms with van der Waals surface area (Å²) in [6.45, 7) is 4.61. The van der Waals surface area contributed by atoms with E-state index in [1.807, 2.05) is 19.9 Å². The van der Waals surface area contributed by atoms with E-state index in [9.17, 15) is 4.79 Å². The number of hydrogen-bond donors (Lipinski definition) is 2. The summed E-state index contributed by atoms with van der Waals surface area (Å²) in [6.07, 6.45) is 0. The van der Waals surface area contributed by atoms with Crippen molar-refractivity contribution in [2.24, 2.45) is 0 Å². The van der Waals surface area contributed by atoms with Gasteiger partial charge in [0.05, 0.1) is 7.11 Å². The van der Waals surface area contributed by atoms with Gasteiger partial charge in [-0.05, 0) is 37.6 Å². The van der Waals surface area contributed by atoms with E-state index in [2.05, 4.69) is 20.8 Å². The highest BCUT2D eigenvalue weighted by atomic mass is 32.1. The molecule has 0 radical (unpaired) electrons. The summed E-state index contributed by atoms with van der Waals surface area (Å²) in [5.74, 6) is 0.491. The monoisotopic (exact) mass is 292 g/mol. The fourth-order valence-corrected chi connectivity index (χ4v) is 2.32. The zero-order valence-corrected chi connectivity index (χ0v) is 12.4. The second kappa shape index (κ2) is 6.33. The highest BCUT2D eigenvalue weighted by Crippen LogP contribution is 2.22. The molecular weight excluding hydrogens is 276 g/mol. The molecule has 1 amide bonds. The Morgan fingerprint density at radius 3 is 2.85 bits per heavy atom. The first kappa shape index (κ1) is 14.3. The number of methoxy groups -OCH3 is 1. The zero-order chi connectivity index (χ0) is 14.5. The lowest BCUT2D eigenvalue weighted by atomic mass is 10.2. The van der Waals surface area contributed by atoms with Crippen molar-refractivity contribution in [1.82, 2.24) is 10.2 Å². The molecule has 0 atom stereocenters. The van der Waals surface area contributed by atoms with Crippen LogP contribution < -0.4 is 15.4 Å². The highest BCUT2D eigenvalue weighted by molar-refractivity contribution is 7.17. The topological polar surface area (TPSA) is 76.1 Å². The molecule has 0 spiro atoms. The van der Waals surface area contributed by atoms with Gasteiger partial charge in [0, 0.05) is 12.2 Å². The van der Waals surface area contributed by atoms with E-state index in [4.69, 9.17) is 4.74 Å². The number of anilines is 2. The molecule has 0 unspecified atom stereocenters. The van der Waals surface area contributed by atoms with Crippen LogP contribution in [0.5, 0.6) is 5.75 Å². The first-order valence-corrected chi connectivity index (χ1v) is 6.99. The predicted molar refractivity (Wildman–Crippen MR) is 79.8 cm³/mol. The summed E-state index contributed by atoms with van der Waals surface area (Å²) in [4.78, 5) is 12.1. The molecule has 0 aliphatic carbocycles. The Balaban J connectivity index is 2.10. The number of nitrogens with zero attached hydrogens (tertiary/aromatic N) is 2. The lowest BCUT2D eigenvalue weighted by Crippen LogP contribution is -2.12. The van der Waals surface area contributed by atoms with E-state index in [0.29, 0.717) is 10.1 Å². The van der Waals surface area contributed by atoms with Crippen molar-refractivity contribution in [2.45, 2.75) is 13.8 Å². The summed E-state index contributed by atoms with van der Waals surface area (Å²) < 4.78 is 5.13. The molecule has 2 rings (SSSR count). The van der Waals surface area contributed by atoms with E-state index in [-0.39, 0.29) is 5.91 Å². The predicted octanol–water partition coefficient (Wildman–Crippen LogP) is 2.54. The van der Waals surface area contributed by atoms with Crippen LogP contribution in [0.4, 0.5) is 10.8 Å². The minimum Gasteiger partial charge on any atom is -0.497 e. The van der Waals surface area contributed by atoms with Crippen LogP contribution in [0.2, 0.25) is 0 Å². The van der Waals surface area contributed by atoms with Gasteiger partial charge in [-0.1, -0.05) is 11.3 Å². The second-order valence-corrected chi connectivity index (χ2v) is 5.06. The fourth-order valence-electron chi connectivity index (χ4n) is 1.62. The first-order valence-electron chi connectivity index (χ1n) is 6.17. The van der Waals surface area contributed by atoms with Crippen molar-refractivity contribution in [1.29, 1.82) is 0 Å². The molecule has 2 N–H and O–H groups in total. The van der Waals surface area contributed by atoms with Gasteiger partial charge in [-0.3, -0.25) is 4.79 Å². The molecule has 20 heavy (non-hydrogen) atoms. The van der Waals surface area contributed by atoms with Gasteiger partial charge in [-0.15, -0.1) is 10.2 Å². The van der Waals surface area contributed by atoms with Crippen molar-refractivity contribution in [3.8, 4) is 5.75 Å². The van der Waals surface area contributed by atoms with E-state index in [1.165, 1.54) is 11.3 Å². The molecule has 0 saturated heterocycles. The number of carbonyl (C=O) groups excluding carboxylic acids is 1. The lowest BCUT2D eigenvalue weighted by molar-refractivity contribution is 0.102. The normalized spacial score (nSPS) is 10.2. The Hall–Kier alpha value is -2.15. The van der Waals surface area contributed by atoms with Crippen LogP contribution in [0.3, 0.4) is 0 Å². The summed E-state index contributed by atoms with van der Waals surface area (Å²) >= 11 is 1.23. The van der Waals surface area contributed by atoms with E-state index < -0.39 is 0 Å². The Kier molecular flexibility index (Phi) is 4.52. The Bertz CT molecular complexity index is 612. The average molecular weight is 292 g/mol. The van der Waals surface area contributed by atoms with Crippen LogP contribution >= 0.6 is 11.3 Å². The minimum atomic E-state index is -0.264. The Labute approximate surface area is 121 Å².